The molecule has 1 amide bonds. The van der Waals surface area contributed by atoms with E-state index in [2.05, 4.69) is 6.92 Å². The number of benzene rings is 2. The Morgan fingerprint density at radius 3 is 2.62 bits per heavy atom. The van der Waals surface area contributed by atoms with Gasteiger partial charge in [-0.3, -0.25) is 9.59 Å². The van der Waals surface area contributed by atoms with E-state index in [1.54, 1.807) is 23.1 Å². The van der Waals surface area contributed by atoms with Gasteiger partial charge in [0.05, 0.1) is 32.4 Å². The second kappa shape index (κ2) is 12.5. The number of rotatable bonds is 10. The van der Waals surface area contributed by atoms with Crippen LogP contribution in [0, 0.1) is 0 Å². The van der Waals surface area contributed by atoms with Crippen molar-refractivity contribution in [1.29, 1.82) is 0 Å². The van der Waals surface area contributed by atoms with E-state index >= 15 is 0 Å². The van der Waals surface area contributed by atoms with Crippen LogP contribution in [0.1, 0.15) is 43.4 Å². The molecule has 5 rings (SSSR count). The molecule has 3 aliphatic heterocycles. The van der Waals surface area contributed by atoms with Crippen molar-refractivity contribution >= 4 is 17.4 Å². The number of quaternary nitrogens is 1. The summed E-state index contributed by atoms with van der Waals surface area (Å²) in [5.41, 5.74) is 0.930. The predicted octanol–water partition coefficient (Wildman–Crippen LogP) is 1.17. The number of unbranched alkanes of at least 4 members (excludes halogenated alkanes) is 1. The van der Waals surface area contributed by atoms with Crippen molar-refractivity contribution in [2.24, 2.45) is 0 Å². The fourth-order valence-corrected chi connectivity index (χ4v) is 5.31. The first-order valence-electron chi connectivity index (χ1n) is 13.9. The molecule has 0 saturated carbocycles. The fraction of sp³-hybridized carbons (Fsp3) is 0.467. The van der Waals surface area contributed by atoms with Crippen LogP contribution in [-0.2, 0) is 14.3 Å². The molecular formula is C30H36N2O7. The zero-order valence-electron chi connectivity index (χ0n) is 22.4. The standard InChI is InChI=1S/C30H36N2O7/c1-2-3-14-37-23-7-4-6-21(19-23)27-26(28(33)22-8-9-24-25(20-22)39-18-17-38-24)29(34)30(35)32(27)11-5-10-31-12-15-36-16-13-31/h4,6-9,19-20,27,33H,2-3,5,10-18H2,1H3/b28-26+. The molecule has 9 heteroatoms. The van der Waals surface area contributed by atoms with Gasteiger partial charge in [-0.25, -0.2) is 0 Å². The lowest BCUT2D eigenvalue weighted by atomic mass is 9.95. The molecule has 0 bridgehead atoms. The molecule has 208 valence electrons. The van der Waals surface area contributed by atoms with E-state index in [9.17, 15) is 14.7 Å². The molecule has 2 fully saturated rings. The summed E-state index contributed by atoms with van der Waals surface area (Å²) in [6.45, 7) is 8.02. The number of carbonyl (C=O) groups excluding carboxylic acids is 2. The molecule has 2 aromatic carbocycles. The van der Waals surface area contributed by atoms with Crippen LogP contribution < -0.4 is 24.2 Å². The maximum absolute atomic E-state index is 13.9. The van der Waals surface area contributed by atoms with Crippen LogP contribution >= 0.6 is 0 Å². The lowest BCUT2D eigenvalue weighted by Gasteiger charge is -2.29. The third-order valence-corrected chi connectivity index (χ3v) is 7.40. The number of carbonyl (C=O) groups is 2. The number of hydrogen-bond donors (Lipinski definition) is 1. The van der Waals surface area contributed by atoms with Crippen molar-refractivity contribution < 1.29 is 38.5 Å². The van der Waals surface area contributed by atoms with E-state index in [0.29, 0.717) is 55.6 Å². The smallest absolute Gasteiger partial charge is 0.295 e. The average molecular weight is 537 g/mol. The summed E-state index contributed by atoms with van der Waals surface area (Å²) in [6.07, 6.45) is 2.63. The Kier molecular flexibility index (Phi) is 8.68. The number of hydrogen-bond acceptors (Lipinski definition) is 7. The van der Waals surface area contributed by atoms with E-state index in [4.69, 9.17) is 18.9 Å². The maximum Gasteiger partial charge on any atom is 0.295 e. The maximum atomic E-state index is 13.9. The van der Waals surface area contributed by atoms with Crippen molar-refractivity contribution in [2.45, 2.75) is 32.2 Å². The van der Waals surface area contributed by atoms with Crippen molar-refractivity contribution in [2.75, 3.05) is 59.2 Å². The molecule has 2 saturated heterocycles. The Bertz CT molecular complexity index is 1220. The van der Waals surface area contributed by atoms with Crippen LogP contribution in [0.3, 0.4) is 0 Å². The van der Waals surface area contributed by atoms with E-state index in [-0.39, 0.29) is 11.1 Å². The minimum Gasteiger partial charge on any atom is -0.872 e. The lowest BCUT2D eigenvalue weighted by Crippen LogP contribution is -3.14. The van der Waals surface area contributed by atoms with E-state index < -0.39 is 23.5 Å². The van der Waals surface area contributed by atoms with Gasteiger partial charge in [0.25, 0.3) is 5.91 Å². The second-order valence-corrected chi connectivity index (χ2v) is 10.1. The van der Waals surface area contributed by atoms with Crippen molar-refractivity contribution in [3.05, 3.63) is 59.2 Å². The van der Waals surface area contributed by atoms with Gasteiger partial charge in [0.2, 0.25) is 5.78 Å². The zero-order chi connectivity index (χ0) is 27.2. The number of morpholine rings is 1. The Labute approximate surface area is 228 Å². The summed E-state index contributed by atoms with van der Waals surface area (Å²) < 4.78 is 22.6. The average Bonchev–Trinajstić information content (AvgIpc) is 3.22. The summed E-state index contributed by atoms with van der Waals surface area (Å²) in [5.74, 6) is -0.216. The van der Waals surface area contributed by atoms with Crippen LogP contribution in [0.25, 0.3) is 5.76 Å². The van der Waals surface area contributed by atoms with Gasteiger partial charge < -0.3 is 33.9 Å². The SMILES string of the molecule is CCCCOc1cccc(C2/C(=C(\[O-])c3ccc4c(c3)OCCO4)C(=O)C(=O)N2CCC[NH+]2CCOCC2)c1. The number of ketones is 1. The quantitative estimate of drug-likeness (QED) is 0.211. The Hall–Kier alpha value is -3.56. The van der Waals surface area contributed by atoms with Crippen LogP contribution in [0.15, 0.2) is 48.0 Å². The summed E-state index contributed by atoms with van der Waals surface area (Å²) in [7, 11) is 0. The number of amides is 1. The van der Waals surface area contributed by atoms with Gasteiger partial charge in [0.15, 0.2) is 11.5 Å². The summed E-state index contributed by atoms with van der Waals surface area (Å²) in [4.78, 5) is 29.7. The first-order chi connectivity index (χ1) is 19.1. The Morgan fingerprint density at radius 2 is 1.82 bits per heavy atom. The molecule has 1 N–H and O–H groups in total. The first-order valence-corrected chi connectivity index (χ1v) is 13.9. The van der Waals surface area contributed by atoms with Gasteiger partial charge in [0.1, 0.15) is 32.1 Å². The first kappa shape index (κ1) is 27.0. The highest BCUT2D eigenvalue weighted by molar-refractivity contribution is 6.46. The van der Waals surface area contributed by atoms with Crippen molar-refractivity contribution in [3.8, 4) is 17.2 Å². The molecule has 9 nitrogen and oxygen atoms in total. The highest BCUT2D eigenvalue weighted by Gasteiger charge is 2.44. The molecule has 2 aromatic rings. The molecule has 1 unspecified atom stereocenters. The number of Topliss-reactive ketones (excluding diaryl/α,β-unsaturated/α-hetero) is 1. The summed E-state index contributed by atoms with van der Waals surface area (Å²) in [5, 5.41) is 13.9. The van der Waals surface area contributed by atoms with Gasteiger partial charge in [-0.1, -0.05) is 37.3 Å². The minimum atomic E-state index is -0.792. The third kappa shape index (κ3) is 6.04. The van der Waals surface area contributed by atoms with Crippen molar-refractivity contribution in [1.82, 2.24) is 4.90 Å². The summed E-state index contributed by atoms with van der Waals surface area (Å²) in [6, 6.07) is 11.5. The largest absolute Gasteiger partial charge is 0.872 e. The minimum absolute atomic E-state index is 0.0406. The lowest BCUT2D eigenvalue weighted by molar-refractivity contribution is -0.908. The second-order valence-electron chi connectivity index (χ2n) is 10.1. The number of likely N-dealkylation sites (tertiary alicyclic amines) is 1. The van der Waals surface area contributed by atoms with Crippen LogP contribution in [0.5, 0.6) is 17.2 Å². The van der Waals surface area contributed by atoms with E-state index in [0.717, 1.165) is 45.7 Å². The number of ether oxygens (including phenoxy) is 4. The van der Waals surface area contributed by atoms with Crippen LogP contribution in [-0.4, -0.2) is 75.8 Å². The Morgan fingerprint density at radius 1 is 1.03 bits per heavy atom. The normalized spacial score (nSPS) is 20.8. The fourth-order valence-electron chi connectivity index (χ4n) is 5.31. The van der Waals surface area contributed by atoms with Gasteiger partial charge in [-0.05, 0) is 41.8 Å². The third-order valence-electron chi connectivity index (χ3n) is 7.40. The molecule has 3 aliphatic rings. The highest BCUT2D eigenvalue weighted by atomic mass is 16.6. The predicted molar refractivity (Wildman–Crippen MR) is 142 cm³/mol. The van der Waals surface area contributed by atoms with Gasteiger partial charge in [-0.15, -0.1) is 0 Å². The molecule has 39 heavy (non-hydrogen) atoms. The molecule has 3 heterocycles. The van der Waals surface area contributed by atoms with Crippen LogP contribution in [0.4, 0.5) is 0 Å². The molecule has 0 spiro atoms. The molecule has 0 aliphatic carbocycles. The van der Waals surface area contributed by atoms with Crippen molar-refractivity contribution in [3.63, 3.8) is 0 Å². The van der Waals surface area contributed by atoms with E-state index in [1.165, 1.54) is 4.90 Å². The number of nitrogens with zero attached hydrogens (tertiary/aromatic N) is 1. The molecular weight excluding hydrogens is 500 g/mol. The number of fused-ring (bicyclic) bond motifs is 1. The number of nitrogens with one attached hydrogen (secondary N) is 1. The van der Waals surface area contributed by atoms with Gasteiger partial charge in [-0.2, -0.15) is 0 Å². The van der Waals surface area contributed by atoms with Gasteiger partial charge >= 0.3 is 0 Å². The van der Waals surface area contributed by atoms with E-state index in [1.807, 2.05) is 24.3 Å². The molecule has 0 radical (unpaired) electrons. The summed E-state index contributed by atoms with van der Waals surface area (Å²) >= 11 is 0. The van der Waals surface area contributed by atoms with Crippen LogP contribution in [0.2, 0.25) is 0 Å². The topological polar surface area (TPSA) is 102 Å². The van der Waals surface area contributed by atoms with Gasteiger partial charge in [0, 0.05) is 18.5 Å². The highest BCUT2D eigenvalue weighted by Crippen LogP contribution is 2.41. The molecule has 0 aromatic heterocycles. The monoisotopic (exact) mass is 536 g/mol. The zero-order valence-corrected chi connectivity index (χ0v) is 22.4. The molecule has 1 atom stereocenters. The Balaban J connectivity index is 1.48.